The Kier molecular flexibility index (Phi) is 2.78. The summed E-state index contributed by atoms with van der Waals surface area (Å²) in [5.41, 5.74) is 2.42. The maximum absolute atomic E-state index is 9.05. The van der Waals surface area contributed by atoms with Crippen LogP contribution in [0.2, 0.25) is 0 Å². The van der Waals surface area contributed by atoms with Crippen molar-refractivity contribution in [2.24, 2.45) is 0 Å². The molecule has 0 radical (unpaired) electrons. The van der Waals surface area contributed by atoms with Crippen molar-refractivity contribution >= 4 is 11.0 Å². The van der Waals surface area contributed by atoms with Gasteiger partial charge in [0.2, 0.25) is 0 Å². The number of aliphatic hydroxyl groups excluding tert-OH is 1. The zero-order valence-corrected chi connectivity index (χ0v) is 9.54. The lowest BCUT2D eigenvalue weighted by molar-refractivity contribution is 0.0664. The van der Waals surface area contributed by atoms with E-state index in [-0.39, 0.29) is 6.61 Å². The number of hydrogen-bond donors (Lipinski definition) is 1. The van der Waals surface area contributed by atoms with Crippen molar-refractivity contribution in [3.63, 3.8) is 0 Å². The van der Waals surface area contributed by atoms with Crippen LogP contribution in [0.5, 0.6) is 0 Å². The van der Waals surface area contributed by atoms with Crippen LogP contribution in [0.25, 0.3) is 11.0 Å². The highest BCUT2D eigenvalue weighted by molar-refractivity contribution is 5.73. The van der Waals surface area contributed by atoms with Gasteiger partial charge in [0.25, 0.3) is 0 Å². The fourth-order valence-corrected chi connectivity index (χ4v) is 2.19. The molecule has 0 unspecified atom stereocenters. The van der Waals surface area contributed by atoms with E-state index in [0.29, 0.717) is 11.7 Å². The van der Waals surface area contributed by atoms with E-state index in [0.717, 1.165) is 37.1 Å². The van der Waals surface area contributed by atoms with Crippen molar-refractivity contribution in [2.45, 2.75) is 25.5 Å². The summed E-state index contributed by atoms with van der Waals surface area (Å²) in [5, 5.41) is 13.6. The zero-order chi connectivity index (χ0) is 11.7. The Morgan fingerprint density at radius 1 is 1.29 bits per heavy atom. The van der Waals surface area contributed by atoms with Crippen LogP contribution in [0.3, 0.4) is 0 Å². The fourth-order valence-electron chi connectivity index (χ4n) is 2.19. The summed E-state index contributed by atoms with van der Waals surface area (Å²) in [6.45, 7) is 1.57. The second kappa shape index (κ2) is 4.43. The molecule has 1 saturated heterocycles. The monoisotopic (exact) mass is 233 g/mol. The Balaban J connectivity index is 1.95. The average molecular weight is 233 g/mol. The number of ether oxygens (including phenoxy) is 1. The van der Waals surface area contributed by atoms with Gasteiger partial charge < -0.3 is 9.84 Å². The topological polar surface area (TPSA) is 60.2 Å². The highest BCUT2D eigenvalue weighted by Gasteiger charge is 2.17. The first-order valence-corrected chi connectivity index (χ1v) is 5.90. The highest BCUT2D eigenvalue weighted by atomic mass is 16.5. The Bertz CT molecular complexity index is 517. The van der Waals surface area contributed by atoms with Gasteiger partial charge in [0.15, 0.2) is 0 Å². The Morgan fingerprint density at radius 3 is 2.88 bits per heavy atom. The molecule has 1 N–H and O–H groups in total. The number of fused-ring (bicyclic) bond motifs is 1. The first kappa shape index (κ1) is 10.7. The number of rotatable bonds is 2. The predicted octanol–water partition coefficient (Wildman–Crippen LogP) is 1.28. The number of aromatic nitrogens is 3. The molecule has 5 heteroatoms. The van der Waals surface area contributed by atoms with Crippen LogP contribution in [0.15, 0.2) is 18.3 Å². The molecule has 0 aromatic carbocycles. The average Bonchev–Trinajstić information content (AvgIpc) is 2.82. The lowest BCUT2D eigenvalue weighted by Crippen LogP contribution is -2.19. The lowest BCUT2D eigenvalue weighted by atomic mass is 10.1. The summed E-state index contributed by atoms with van der Waals surface area (Å²) in [4.78, 5) is 4.34. The van der Waals surface area contributed by atoms with Crippen LogP contribution < -0.4 is 0 Å². The third-order valence-corrected chi connectivity index (χ3v) is 3.16. The maximum atomic E-state index is 9.05. The third-order valence-electron chi connectivity index (χ3n) is 3.16. The molecular formula is C12H15N3O2. The number of pyridine rings is 1. The Hall–Kier alpha value is -1.46. The van der Waals surface area contributed by atoms with E-state index in [1.54, 1.807) is 0 Å². The second-order valence-corrected chi connectivity index (χ2v) is 4.32. The molecule has 2 aromatic heterocycles. The molecule has 3 heterocycles. The quantitative estimate of drug-likeness (QED) is 0.848. The van der Waals surface area contributed by atoms with E-state index < -0.39 is 0 Å². The second-order valence-electron chi connectivity index (χ2n) is 4.32. The Labute approximate surface area is 99.0 Å². The van der Waals surface area contributed by atoms with Crippen molar-refractivity contribution in [3.8, 4) is 0 Å². The van der Waals surface area contributed by atoms with E-state index in [4.69, 9.17) is 9.84 Å². The molecule has 2 aromatic rings. The molecule has 0 bridgehead atoms. The molecule has 3 rings (SSSR count). The van der Waals surface area contributed by atoms with Gasteiger partial charge in [-0.1, -0.05) is 0 Å². The largest absolute Gasteiger partial charge is 0.390 e. The summed E-state index contributed by atoms with van der Waals surface area (Å²) >= 11 is 0. The number of hydrogen-bond acceptors (Lipinski definition) is 4. The zero-order valence-electron chi connectivity index (χ0n) is 9.54. The molecule has 0 saturated carbocycles. The summed E-state index contributed by atoms with van der Waals surface area (Å²) in [6.07, 6.45) is 3.96. The van der Waals surface area contributed by atoms with Gasteiger partial charge in [-0.05, 0) is 25.0 Å². The molecule has 1 aliphatic rings. The molecular weight excluding hydrogens is 218 g/mol. The van der Waals surface area contributed by atoms with Gasteiger partial charge >= 0.3 is 0 Å². The van der Waals surface area contributed by atoms with Gasteiger partial charge in [0, 0.05) is 13.2 Å². The van der Waals surface area contributed by atoms with Crippen molar-refractivity contribution in [1.29, 1.82) is 0 Å². The van der Waals surface area contributed by atoms with Gasteiger partial charge in [-0.15, -0.1) is 0 Å². The van der Waals surface area contributed by atoms with E-state index in [9.17, 15) is 0 Å². The standard InChI is InChI=1S/C12H15N3O2/c16-8-9-1-2-11-12(13-9)7-15(14-11)10-3-5-17-6-4-10/h1-2,7,10,16H,3-6,8H2. The van der Waals surface area contributed by atoms with Gasteiger partial charge in [0.05, 0.1) is 24.5 Å². The minimum atomic E-state index is -0.0294. The molecule has 0 spiro atoms. The highest BCUT2D eigenvalue weighted by Crippen LogP contribution is 2.22. The van der Waals surface area contributed by atoms with Crippen LogP contribution in [-0.4, -0.2) is 33.1 Å². The van der Waals surface area contributed by atoms with Crippen LogP contribution in [0, 0.1) is 0 Å². The van der Waals surface area contributed by atoms with Crippen molar-refractivity contribution in [1.82, 2.24) is 14.8 Å². The first-order chi connectivity index (χ1) is 8.36. The van der Waals surface area contributed by atoms with Crippen molar-refractivity contribution in [3.05, 3.63) is 24.0 Å². The predicted molar refractivity (Wildman–Crippen MR) is 62.5 cm³/mol. The molecule has 0 aliphatic carbocycles. The number of aliphatic hydroxyl groups is 1. The number of nitrogens with zero attached hydrogens (tertiary/aromatic N) is 3. The fraction of sp³-hybridized carbons (Fsp3) is 0.500. The van der Waals surface area contributed by atoms with Gasteiger partial charge in [-0.25, -0.2) is 4.98 Å². The van der Waals surface area contributed by atoms with Gasteiger partial charge in [0.1, 0.15) is 11.0 Å². The van der Waals surface area contributed by atoms with Crippen molar-refractivity contribution < 1.29 is 9.84 Å². The molecule has 0 amide bonds. The first-order valence-electron chi connectivity index (χ1n) is 5.90. The van der Waals surface area contributed by atoms with E-state index in [2.05, 4.69) is 10.1 Å². The molecule has 0 atom stereocenters. The molecule has 90 valence electrons. The van der Waals surface area contributed by atoms with Gasteiger partial charge in [-0.3, -0.25) is 4.68 Å². The summed E-state index contributed by atoms with van der Waals surface area (Å²) in [6, 6.07) is 4.13. The van der Waals surface area contributed by atoms with Crippen LogP contribution in [-0.2, 0) is 11.3 Å². The van der Waals surface area contributed by atoms with Crippen molar-refractivity contribution in [2.75, 3.05) is 13.2 Å². The molecule has 1 aliphatic heterocycles. The lowest BCUT2D eigenvalue weighted by Gasteiger charge is -2.21. The minimum Gasteiger partial charge on any atom is -0.390 e. The molecule has 5 nitrogen and oxygen atoms in total. The third kappa shape index (κ3) is 2.03. The van der Waals surface area contributed by atoms with E-state index in [1.165, 1.54) is 0 Å². The normalized spacial score (nSPS) is 17.7. The van der Waals surface area contributed by atoms with Gasteiger partial charge in [-0.2, -0.15) is 5.10 Å². The smallest absolute Gasteiger partial charge is 0.111 e. The minimum absolute atomic E-state index is 0.0294. The molecule has 17 heavy (non-hydrogen) atoms. The SMILES string of the molecule is OCc1ccc2nn(C3CCOCC3)cc2n1. The Morgan fingerprint density at radius 2 is 2.12 bits per heavy atom. The van der Waals surface area contributed by atoms with E-state index in [1.807, 2.05) is 23.0 Å². The van der Waals surface area contributed by atoms with Crippen LogP contribution in [0.4, 0.5) is 0 Å². The molecule has 1 fully saturated rings. The summed E-state index contributed by atoms with van der Waals surface area (Å²) < 4.78 is 7.33. The summed E-state index contributed by atoms with van der Waals surface area (Å²) in [5.74, 6) is 0. The maximum Gasteiger partial charge on any atom is 0.111 e. The van der Waals surface area contributed by atoms with Crippen LogP contribution >= 0.6 is 0 Å². The van der Waals surface area contributed by atoms with E-state index >= 15 is 0 Å². The van der Waals surface area contributed by atoms with Crippen LogP contribution in [0.1, 0.15) is 24.6 Å². The summed E-state index contributed by atoms with van der Waals surface area (Å²) in [7, 11) is 0.